The lowest BCUT2D eigenvalue weighted by Gasteiger charge is -2.31. The first kappa shape index (κ1) is 17.9. The molecular formula is C14H31NO2S. The number of rotatable bonds is 8. The Labute approximate surface area is 114 Å². The molecule has 0 saturated carbocycles. The molecule has 2 unspecified atom stereocenters. The lowest BCUT2D eigenvalue weighted by Crippen LogP contribution is -2.34. The number of sulfone groups is 1. The smallest absolute Gasteiger partial charge is 0.147 e. The molecule has 0 aromatic carbocycles. The Bertz CT molecular complexity index is 317. The number of hydrogen-bond acceptors (Lipinski definition) is 3. The van der Waals surface area contributed by atoms with Crippen molar-refractivity contribution in [3.63, 3.8) is 0 Å². The molecule has 4 heteroatoms. The maximum absolute atomic E-state index is 11.1. The maximum Gasteiger partial charge on any atom is 0.147 e. The van der Waals surface area contributed by atoms with Crippen molar-refractivity contribution in [2.75, 3.05) is 18.6 Å². The summed E-state index contributed by atoms with van der Waals surface area (Å²) in [7, 11) is -2.82. The summed E-state index contributed by atoms with van der Waals surface area (Å²) in [6.45, 7) is 12.1. The molecule has 0 aromatic rings. The predicted molar refractivity (Wildman–Crippen MR) is 79.6 cm³/mol. The lowest BCUT2D eigenvalue weighted by atomic mass is 9.78. The Morgan fingerprint density at radius 1 is 1.22 bits per heavy atom. The fourth-order valence-corrected chi connectivity index (χ4v) is 2.66. The van der Waals surface area contributed by atoms with E-state index in [1.54, 1.807) is 0 Å². The SMILES string of the molecule is CCNC(CCCS(C)(=O)=O)CC(C)C(C)(C)C. The number of hydrogen-bond donors (Lipinski definition) is 1. The molecule has 0 radical (unpaired) electrons. The molecule has 110 valence electrons. The van der Waals surface area contributed by atoms with E-state index in [0.29, 0.717) is 23.1 Å². The Kier molecular flexibility index (Phi) is 7.45. The van der Waals surface area contributed by atoms with Gasteiger partial charge in [-0.25, -0.2) is 8.42 Å². The third-order valence-electron chi connectivity index (χ3n) is 3.68. The van der Waals surface area contributed by atoms with Gasteiger partial charge in [-0.1, -0.05) is 34.6 Å². The summed E-state index contributed by atoms with van der Waals surface area (Å²) in [4.78, 5) is 0. The Hall–Kier alpha value is -0.0900. The van der Waals surface area contributed by atoms with Crippen LogP contribution in [0.3, 0.4) is 0 Å². The molecule has 1 N–H and O–H groups in total. The van der Waals surface area contributed by atoms with E-state index in [-0.39, 0.29) is 0 Å². The van der Waals surface area contributed by atoms with E-state index in [4.69, 9.17) is 0 Å². The van der Waals surface area contributed by atoms with Crippen molar-refractivity contribution in [3.8, 4) is 0 Å². The molecule has 3 nitrogen and oxygen atoms in total. The van der Waals surface area contributed by atoms with Gasteiger partial charge in [-0.2, -0.15) is 0 Å². The molecule has 0 amide bonds. The van der Waals surface area contributed by atoms with Crippen molar-refractivity contribution in [1.82, 2.24) is 5.32 Å². The molecule has 0 aliphatic rings. The van der Waals surface area contributed by atoms with Crippen LogP contribution in [0, 0.1) is 11.3 Å². The minimum atomic E-state index is -2.82. The molecular weight excluding hydrogens is 246 g/mol. The van der Waals surface area contributed by atoms with E-state index >= 15 is 0 Å². The average Bonchev–Trinajstić information content (AvgIpc) is 2.14. The first-order valence-corrected chi connectivity index (χ1v) is 9.03. The second kappa shape index (κ2) is 7.49. The Morgan fingerprint density at radius 3 is 2.17 bits per heavy atom. The van der Waals surface area contributed by atoms with E-state index in [1.807, 2.05) is 0 Å². The second-order valence-corrected chi connectivity index (χ2v) is 8.79. The van der Waals surface area contributed by atoms with Gasteiger partial charge in [0.2, 0.25) is 0 Å². The van der Waals surface area contributed by atoms with E-state index in [2.05, 4.69) is 39.9 Å². The summed E-state index contributed by atoms with van der Waals surface area (Å²) >= 11 is 0. The Balaban J connectivity index is 4.23. The summed E-state index contributed by atoms with van der Waals surface area (Å²) in [6.07, 6.45) is 4.13. The third-order valence-corrected chi connectivity index (χ3v) is 4.71. The third kappa shape index (κ3) is 8.92. The number of nitrogens with one attached hydrogen (secondary N) is 1. The fourth-order valence-electron chi connectivity index (χ4n) is 1.96. The van der Waals surface area contributed by atoms with Gasteiger partial charge in [0.1, 0.15) is 9.84 Å². The molecule has 2 atom stereocenters. The van der Waals surface area contributed by atoms with Crippen LogP contribution in [0.4, 0.5) is 0 Å². The minimum Gasteiger partial charge on any atom is -0.314 e. The van der Waals surface area contributed by atoms with Gasteiger partial charge in [0.25, 0.3) is 0 Å². The van der Waals surface area contributed by atoms with E-state index < -0.39 is 9.84 Å². The lowest BCUT2D eigenvalue weighted by molar-refractivity contribution is 0.219. The molecule has 0 fully saturated rings. The van der Waals surface area contributed by atoms with Crippen LogP contribution in [0.2, 0.25) is 0 Å². The van der Waals surface area contributed by atoms with Crippen molar-refractivity contribution < 1.29 is 8.42 Å². The van der Waals surface area contributed by atoms with Crippen LogP contribution < -0.4 is 5.32 Å². The van der Waals surface area contributed by atoms with Gasteiger partial charge < -0.3 is 5.32 Å². The zero-order chi connectivity index (χ0) is 14.4. The molecule has 0 spiro atoms. The summed E-state index contributed by atoms with van der Waals surface area (Å²) in [5.74, 6) is 0.929. The maximum atomic E-state index is 11.1. The topological polar surface area (TPSA) is 46.2 Å². The highest BCUT2D eigenvalue weighted by Gasteiger charge is 2.23. The zero-order valence-electron chi connectivity index (χ0n) is 12.9. The van der Waals surface area contributed by atoms with Crippen LogP contribution in [0.1, 0.15) is 53.9 Å². The van der Waals surface area contributed by atoms with Crippen LogP contribution in [0.5, 0.6) is 0 Å². The van der Waals surface area contributed by atoms with Gasteiger partial charge in [0, 0.05) is 18.1 Å². The van der Waals surface area contributed by atoms with Crippen molar-refractivity contribution in [3.05, 3.63) is 0 Å². The summed E-state index contributed by atoms with van der Waals surface area (Å²) in [5.41, 5.74) is 0.310. The largest absolute Gasteiger partial charge is 0.314 e. The monoisotopic (exact) mass is 277 g/mol. The first-order valence-electron chi connectivity index (χ1n) is 6.97. The van der Waals surface area contributed by atoms with Gasteiger partial charge in [-0.05, 0) is 37.1 Å². The minimum absolute atomic E-state index is 0.304. The van der Waals surface area contributed by atoms with Gasteiger partial charge in [-0.15, -0.1) is 0 Å². The van der Waals surface area contributed by atoms with Gasteiger partial charge >= 0.3 is 0 Å². The highest BCUT2D eigenvalue weighted by Crippen LogP contribution is 2.29. The molecule has 0 aromatic heterocycles. The Morgan fingerprint density at radius 2 is 1.78 bits per heavy atom. The van der Waals surface area contributed by atoms with Crippen LogP contribution in [0.15, 0.2) is 0 Å². The predicted octanol–water partition coefficient (Wildman–Crippen LogP) is 2.86. The highest BCUT2D eigenvalue weighted by atomic mass is 32.2. The zero-order valence-corrected chi connectivity index (χ0v) is 13.7. The second-order valence-electron chi connectivity index (χ2n) is 6.53. The van der Waals surface area contributed by atoms with E-state index in [9.17, 15) is 8.42 Å². The van der Waals surface area contributed by atoms with E-state index in [0.717, 1.165) is 25.8 Å². The van der Waals surface area contributed by atoms with Crippen molar-refractivity contribution in [2.45, 2.75) is 59.9 Å². The van der Waals surface area contributed by atoms with Crippen LogP contribution >= 0.6 is 0 Å². The van der Waals surface area contributed by atoms with Crippen LogP contribution in [-0.2, 0) is 9.84 Å². The molecule has 0 saturated heterocycles. The normalized spacial score (nSPS) is 16.6. The summed E-state index contributed by atoms with van der Waals surface area (Å²) in [6, 6.07) is 0.436. The van der Waals surface area contributed by atoms with E-state index in [1.165, 1.54) is 6.26 Å². The van der Waals surface area contributed by atoms with Crippen molar-refractivity contribution >= 4 is 9.84 Å². The standard InChI is InChI=1S/C14H31NO2S/c1-7-15-13(9-8-10-18(6,16)17)11-12(2)14(3,4)5/h12-13,15H,7-11H2,1-6H3. The van der Waals surface area contributed by atoms with Crippen molar-refractivity contribution in [1.29, 1.82) is 0 Å². The summed E-state index contributed by atoms with van der Waals surface area (Å²) < 4.78 is 22.3. The van der Waals surface area contributed by atoms with Crippen molar-refractivity contribution in [2.24, 2.45) is 11.3 Å². The van der Waals surface area contributed by atoms with Crippen LogP contribution in [-0.4, -0.2) is 33.0 Å². The van der Waals surface area contributed by atoms with Gasteiger partial charge in [-0.3, -0.25) is 0 Å². The molecule has 0 bridgehead atoms. The van der Waals surface area contributed by atoms with Gasteiger partial charge in [0.15, 0.2) is 0 Å². The summed E-state index contributed by atoms with van der Waals surface area (Å²) in [5, 5.41) is 3.48. The fraction of sp³-hybridized carbons (Fsp3) is 1.00. The quantitative estimate of drug-likeness (QED) is 0.742. The van der Waals surface area contributed by atoms with Gasteiger partial charge in [0.05, 0.1) is 0 Å². The van der Waals surface area contributed by atoms with Crippen LogP contribution in [0.25, 0.3) is 0 Å². The molecule has 0 heterocycles. The molecule has 0 aliphatic carbocycles. The molecule has 0 rings (SSSR count). The molecule has 0 aliphatic heterocycles. The highest BCUT2D eigenvalue weighted by molar-refractivity contribution is 7.90. The molecule has 18 heavy (non-hydrogen) atoms. The average molecular weight is 277 g/mol. The first-order chi connectivity index (χ1) is 8.06.